The fraction of sp³-hybridized carbons (Fsp3) is 0.552. The summed E-state index contributed by atoms with van der Waals surface area (Å²) in [4.78, 5) is 13.3. The van der Waals surface area contributed by atoms with Gasteiger partial charge in [0.2, 0.25) is 10.0 Å². The topological polar surface area (TPSA) is 140 Å². The van der Waals surface area contributed by atoms with Gasteiger partial charge in [0.15, 0.2) is 6.29 Å². The van der Waals surface area contributed by atoms with Gasteiger partial charge >= 0.3 is 5.97 Å². The first-order valence-electron chi connectivity index (χ1n) is 13.8. The Morgan fingerprint density at radius 1 is 1.10 bits per heavy atom. The molecule has 0 amide bonds. The van der Waals surface area contributed by atoms with Gasteiger partial charge in [-0.2, -0.15) is 4.31 Å². The summed E-state index contributed by atoms with van der Waals surface area (Å²) in [5, 5.41) is 14.7. The lowest BCUT2D eigenvalue weighted by Crippen LogP contribution is -2.44. The molecular weight excluding hydrogens is 534 g/mol. The lowest BCUT2D eigenvalue weighted by molar-refractivity contribution is -0.153. The molecule has 6 atom stereocenters. The van der Waals surface area contributed by atoms with Crippen molar-refractivity contribution < 1.29 is 32.5 Å². The summed E-state index contributed by atoms with van der Waals surface area (Å²) in [5.74, 6) is -1.15. The highest BCUT2D eigenvalue weighted by Crippen LogP contribution is 2.34. The molecule has 2 aliphatic heterocycles. The van der Waals surface area contributed by atoms with Crippen molar-refractivity contribution in [1.82, 2.24) is 9.62 Å². The lowest BCUT2D eigenvalue weighted by atomic mass is 9.90. The quantitative estimate of drug-likeness (QED) is 0.242. The third-order valence-corrected chi connectivity index (χ3v) is 9.36. The number of carbonyl (C=O) groups excluding carboxylic acids is 1. The van der Waals surface area contributed by atoms with Crippen LogP contribution in [0.2, 0.25) is 0 Å². The molecule has 0 aromatic heterocycles. The average molecular weight is 576 g/mol. The van der Waals surface area contributed by atoms with E-state index in [0.717, 1.165) is 5.56 Å². The molecule has 0 bridgehead atoms. The molecule has 4 rings (SSSR count). The van der Waals surface area contributed by atoms with Crippen LogP contribution in [0.15, 0.2) is 59.5 Å². The van der Waals surface area contributed by atoms with Gasteiger partial charge in [0.25, 0.3) is 0 Å². The normalized spacial score (nSPS) is 24.2. The largest absolute Gasteiger partial charge is 0.459 e. The zero-order chi connectivity index (χ0) is 28.9. The minimum absolute atomic E-state index is 0.0114. The number of nitrogens with one attached hydrogen (secondary N) is 1. The van der Waals surface area contributed by atoms with Crippen molar-refractivity contribution >= 4 is 21.7 Å². The first-order valence-corrected chi connectivity index (χ1v) is 15.2. The van der Waals surface area contributed by atoms with Crippen LogP contribution in [-0.4, -0.2) is 81.7 Å². The second-order valence-electron chi connectivity index (χ2n) is 11.0. The summed E-state index contributed by atoms with van der Waals surface area (Å²) in [6.45, 7) is 4.59. The van der Waals surface area contributed by atoms with E-state index in [1.165, 1.54) is 28.6 Å². The number of carbonyl (C=O) groups is 1. The molecule has 2 aliphatic rings. The van der Waals surface area contributed by atoms with Crippen LogP contribution in [0.5, 0.6) is 0 Å². The molecule has 40 heavy (non-hydrogen) atoms. The molecule has 2 aromatic rings. The summed E-state index contributed by atoms with van der Waals surface area (Å²) in [7, 11) is -2.08. The van der Waals surface area contributed by atoms with Crippen molar-refractivity contribution in [1.29, 1.82) is 0 Å². The number of hydrogen-bond acceptors (Lipinski definition) is 9. The number of sulfonamides is 1. The second-order valence-corrected chi connectivity index (χ2v) is 13.0. The Labute approximate surface area is 236 Å². The number of nitrogens with zero attached hydrogens (tertiary/aromatic N) is 1. The van der Waals surface area contributed by atoms with Crippen LogP contribution in [0.4, 0.5) is 5.69 Å². The van der Waals surface area contributed by atoms with Crippen LogP contribution < -0.4 is 11.1 Å². The zero-order valence-electron chi connectivity index (χ0n) is 23.3. The third kappa shape index (κ3) is 7.39. The standard InChI is InChI=1S/C29H41N3O7S/c1-19(2)15-32(40(35,36)23-11-9-22(30)10-12-23)16-25(33)21(13-20-7-5-4-6-8-20)14-27(34)39-26-18-38-29-28(26)24(31-3)17-37-29/h4-12,19,21,24-26,28-29,31,33H,13-18,30H2,1-3H3/t21-,24+,25-,26+,28+,29-/m1/s1. The van der Waals surface area contributed by atoms with E-state index in [0.29, 0.717) is 18.7 Å². The molecule has 10 nitrogen and oxygen atoms in total. The maximum absolute atomic E-state index is 13.6. The smallest absolute Gasteiger partial charge is 0.306 e. The van der Waals surface area contributed by atoms with Crippen molar-refractivity contribution in [3.63, 3.8) is 0 Å². The maximum Gasteiger partial charge on any atom is 0.306 e. The second kappa shape index (κ2) is 13.4. The number of aliphatic hydroxyl groups excluding tert-OH is 1. The highest BCUT2D eigenvalue weighted by atomic mass is 32.2. The zero-order valence-corrected chi connectivity index (χ0v) is 24.1. The molecule has 0 spiro atoms. The van der Waals surface area contributed by atoms with Crippen LogP contribution >= 0.6 is 0 Å². The molecular formula is C29H41N3O7S. The Morgan fingerprint density at radius 3 is 2.42 bits per heavy atom. The predicted octanol–water partition coefficient (Wildman–Crippen LogP) is 2.03. The molecule has 0 saturated carbocycles. The third-order valence-electron chi connectivity index (χ3n) is 7.52. The Balaban J connectivity index is 1.51. The lowest BCUT2D eigenvalue weighted by Gasteiger charge is -2.30. The van der Waals surface area contributed by atoms with Gasteiger partial charge in [0.05, 0.1) is 36.6 Å². The molecule has 2 heterocycles. The summed E-state index contributed by atoms with van der Waals surface area (Å²) < 4.78 is 45.6. The number of aliphatic hydroxyl groups is 1. The summed E-state index contributed by atoms with van der Waals surface area (Å²) >= 11 is 0. The molecule has 0 aliphatic carbocycles. The fourth-order valence-corrected chi connectivity index (χ4v) is 7.03. The Kier molecular flexibility index (Phi) is 10.2. The van der Waals surface area contributed by atoms with Crippen LogP contribution in [0.25, 0.3) is 0 Å². The number of nitrogen functional groups attached to an aromatic ring is 1. The molecule has 0 unspecified atom stereocenters. The number of anilines is 1. The van der Waals surface area contributed by atoms with Crippen LogP contribution in [0.1, 0.15) is 25.8 Å². The van der Waals surface area contributed by atoms with E-state index in [1.54, 1.807) is 0 Å². The first kappa shape index (κ1) is 30.4. The SMILES string of the molecule is CN[C@H]1CO[C@@H]2OC[C@H](OC(=O)C[C@@H](Cc3ccccc3)[C@H](O)CN(CC(C)C)S(=O)(=O)c3ccc(N)cc3)[C@@H]21. The summed E-state index contributed by atoms with van der Waals surface area (Å²) in [6, 6.07) is 15.5. The number of esters is 1. The average Bonchev–Trinajstić information content (AvgIpc) is 3.51. The number of benzene rings is 2. The van der Waals surface area contributed by atoms with Gasteiger partial charge in [-0.15, -0.1) is 0 Å². The number of nitrogens with two attached hydrogens (primary N) is 1. The van der Waals surface area contributed by atoms with Crippen molar-refractivity contribution in [2.75, 3.05) is 39.1 Å². The molecule has 11 heteroatoms. The highest BCUT2D eigenvalue weighted by molar-refractivity contribution is 7.89. The number of likely N-dealkylation sites (N-methyl/N-ethyl adjacent to an activating group) is 1. The number of fused-ring (bicyclic) bond motifs is 1. The monoisotopic (exact) mass is 575 g/mol. The molecule has 220 valence electrons. The van der Waals surface area contributed by atoms with Gasteiger partial charge in [0, 0.05) is 30.7 Å². The van der Waals surface area contributed by atoms with E-state index in [1.807, 2.05) is 51.2 Å². The molecule has 4 N–H and O–H groups in total. The molecule has 2 fully saturated rings. The minimum Gasteiger partial charge on any atom is -0.459 e. The summed E-state index contributed by atoms with van der Waals surface area (Å²) in [6.07, 6.45) is -1.70. The Hall–Kier alpha value is -2.54. The molecule has 2 saturated heterocycles. The van der Waals surface area contributed by atoms with Gasteiger partial charge < -0.3 is 30.4 Å². The van der Waals surface area contributed by atoms with Crippen molar-refractivity contribution in [2.24, 2.45) is 17.8 Å². The van der Waals surface area contributed by atoms with Crippen LogP contribution in [0, 0.1) is 17.8 Å². The van der Waals surface area contributed by atoms with E-state index in [9.17, 15) is 18.3 Å². The Morgan fingerprint density at radius 2 is 1.77 bits per heavy atom. The van der Waals surface area contributed by atoms with Crippen LogP contribution in [0.3, 0.4) is 0 Å². The van der Waals surface area contributed by atoms with Gasteiger partial charge in [-0.25, -0.2) is 8.42 Å². The van der Waals surface area contributed by atoms with Crippen molar-refractivity contribution in [2.45, 2.75) is 56.1 Å². The maximum atomic E-state index is 13.6. The van der Waals surface area contributed by atoms with E-state index in [4.69, 9.17) is 19.9 Å². The van der Waals surface area contributed by atoms with Gasteiger partial charge in [-0.3, -0.25) is 4.79 Å². The highest BCUT2D eigenvalue weighted by Gasteiger charge is 2.49. The van der Waals surface area contributed by atoms with Crippen molar-refractivity contribution in [3.05, 3.63) is 60.2 Å². The molecule has 2 aromatic carbocycles. The molecule has 0 radical (unpaired) electrons. The van der Waals surface area contributed by atoms with Gasteiger partial charge in [-0.05, 0) is 49.2 Å². The predicted molar refractivity (Wildman–Crippen MR) is 151 cm³/mol. The van der Waals surface area contributed by atoms with E-state index in [2.05, 4.69) is 5.32 Å². The van der Waals surface area contributed by atoms with E-state index < -0.39 is 40.4 Å². The minimum atomic E-state index is -3.92. The van der Waals surface area contributed by atoms with E-state index in [-0.39, 0.29) is 48.9 Å². The first-order chi connectivity index (χ1) is 19.1. The summed E-state index contributed by atoms with van der Waals surface area (Å²) in [5.41, 5.74) is 7.15. The number of rotatable bonds is 13. The number of hydrogen-bond donors (Lipinski definition) is 3. The number of ether oxygens (including phenoxy) is 3. The Bertz CT molecular complexity index is 1210. The van der Waals surface area contributed by atoms with Crippen LogP contribution in [-0.2, 0) is 35.4 Å². The van der Waals surface area contributed by atoms with Crippen molar-refractivity contribution in [3.8, 4) is 0 Å². The van der Waals surface area contributed by atoms with Gasteiger partial charge in [0.1, 0.15) is 6.10 Å². The van der Waals surface area contributed by atoms with E-state index >= 15 is 0 Å². The van der Waals surface area contributed by atoms with Gasteiger partial charge in [-0.1, -0.05) is 44.2 Å². The fourth-order valence-electron chi connectivity index (χ4n) is 5.41.